The monoisotopic (exact) mass is 221 g/mol. The van der Waals surface area contributed by atoms with E-state index < -0.39 is 0 Å². The molecule has 0 radical (unpaired) electrons. The summed E-state index contributed by atoms with van der Waals surface area (Å²) < 4.78 is 1.83. The maximum absolute atomic E-state index is 11.9. The van der Waals surface area contributed by atoms with Gasteiger partial charge in [0.25, 0.3) is 0 Å². The van der Waals surface area contributed by atoms with Gasteiger partial charge in [-0.15, -0.1) is 0 Å². The molecule has 16 heavy (non-hydrogen) atoms. The van der Waals surface area contributed by atoms with E-state index in [1.54, 1.807) is 12.5 Å². The Bertz CT molecular complexity index is 328. The minimum Gasteiger partial charge on any atom is -0.352 e. The first-order valence-electron chi connectivity index (χ1n) is 6.05. The van der Waals surface area contributed by atoms with Crippen LogP contribution in [0.2, 0.25) is 0 Å². The molecule has 4 nitrogen and oxygen atoms in total. The number of carbonyl (C=O) groups excluding carboxylic acids is 1. The third kappa shape index (κ3) is 2.62. The molecule has 0 saturated heterocycles. The van der Waals surface area contributed by atoms with Crippen molar-refractivity contribution >= 4 is 5.91 Å². The molecule has 0 aromatic carbocycles. The summed E-state index contributed by atoms with van der Waals surface area (Å²) in [5.41, 5.74) is 0. The van der Waals surface area contributed by atoms with Gasteiger partial charge < -0.3 is 9.88 Å². The topological polar surface area (TPSA) is 46.9 Å². The molecule has 0 bridgehead atoms. The summed E-state index contributed by atoms with van der Waals surface area (Å²) in [6, 6.07) is 0.219. The van der Waals surface area contributed by atoms with Crippen LogP contribution in [0.25, 0.3) is 0 Å². The predicted octanol–water partition coefficient (Wildman–Crippen LogP) is 1.89. The normalized spacial score (nSPS) is 19.3. The second-order valence-corrected chi connectivity index (χ2v) is 4.53. The zero-order valence-corrected chi connectivity index (χ0v) is 9.72. The number of nitrogens with zero attached hydrogens (tertiary/aromatic N) is 2. The largest absolute Gasteiger partial charge is 0.352 e. The van der Waals surface area contributed by atoms with Crippen molar-refractivity contribution in [3.63, 3.8) is 0 Å². The standard InChI is InChI=1S/C12H19N3O/c1-10(15-8-7-13-9-15)12(16)14-11-5-3-2-4-6-11/h7-11H,2-6H2,1H3,(H,14,16). The number of rotatable bonds is 3. The zero-order chi connectivity index (χ0) is 11.4. The third-order valence-corrected chi connectivity index (χ3v) is 3.30. The maximum Gasteiger partial charge on any atom is 0.243 e. The van der Waals surface area contributed by atoms with Gasteiger partial charge in [-0.3, -0.25) is 4.79 Å². The second kappa shape index (κ2) is 5.14. The van der Waals surface area contributed by atoms with Gasteiger partial charge in [-0.1, -0.05) is 19.3 Å². The van der Waals surface area contributed by atoms with Crippen LogP contribution in [0.15, 0.2) is 18.7 Å². The summed E-state index contributed by atoms with van der Waals surface area (Å²) in [5.74, 6) is 0.102. The first-order valence-corrected chi connectivity index (χ1v) is 6.05. The van der Waals surface area contributed by atoms with Gasteiger partial charge in [0.2, 0.25) is 5.91 Å². The fraction of sp³-hybridized carbons (Fsp3) is 0.667. The van der Waals surface area contributed by atoms with Crippen LogP contribution >= 0.6 is 0 Å². The van der Waals surface area contributed by atoms with Gasteiger partial charge in [0.15, 0.2) is 0 Å². The van der Waals surface area contributed by atoms with E-state index in [0.29, 0.717) is 6.04 Å². The van der Waals surface area contributed by atoms with E-state index in [1.807, 2.05) is 17.7 Å². The van der Waals surface area contributed by atoms with Gasteiger partial charge in [0.05, 0.1) is 6.33 Å². The summed E-state index contributed by atoms with van der Waals surface area (Å²) >= 11 is 0. The SMILES string of the molecule is CC(C(=O)NC1CCCCC1)n1ccnc1. The van der Waals surface area contributed by atoms with Crippen molar-refractivity contribution < 1.29 is 4.79 Å². The minimum atomic E-state index is -0.163. The number of hydrogen-bond donors (Lipinski definition) is 1. The lowest BCUT2D eigenvalue weighted by Crippen LogP contribution is -2.39. The van der Waals surface area contributed by atoms with Crippen molar-refractivity contribution in [2.45, 2.75) is 51.1 Å². The highest BCUT2D eigenvalue weighted by atomic mass is 16.2. The molecular formula is C12H19N3O. The molecule has 1 unspecified atom stereocenters. The molecule has 2 rings (SSSR count). The molecule has 1 aliphatic carbocycles. The summed E-state index contributed by atoms with van der Waals surface area (Å²) in [6.45, 7) is 1.90. The smallest absolute Gasteiger partial charge is 0.243 e. The van der Waals surface area contributed by atoms with E-state index in [2.05, 4.69) is 10.3 Å². The van der Waals surface area contributed by atoms with E-state index in [1.165, 1.54) is 19.3 Å². The molecule has 1 saturated carbocycles. The lowest BCUT2D eigenvalue weighted by Gasteiger charge is -2.24. The van der Waals surface area contributed by atoms with Crippen LogP contribution in [0, 0.1) is 0 Å². The fourth-order valence-corrected chi connectivity index (χ4v) is 2.20. The number of aromatic nitrogens is 2. The molecular weight excluding hydrogens is 202 g/mol. The molecule has 1 aromatic heterocycles. The molecule has 1 aromatic rings. The summed E-state index contributed by atoms with van der Waals surface area (Å²) in [6.07, 6.45) is 11.3. The van der Waals surface area contributed by atoms with Crippen LogP contribution in [-0.4, -0.2) is 21.5 Å². The molecule has 0 aliphatic heterocycles. The molecule has 4 heteroatoms. The van der Waals surface area contributed by atoms with Gasteiger partial charge in [0, 0.05) is 18.4 Å². The van der Waals surface area contributed by atoms with Crippen molar-refractivity contribution in [2.75, 3.05) is 0 Å². The van der Waals surface area contributed by atoms with Gasteiger partial charge in [-0.05, 0) is 19.8 Å². The van der Waals surface area contributed by atoms with E-state index >= 15 is 0 Å². The third-order valence-electron chi connectivity index (χ3n) is 3.30. The Morgan fingerprint density at radius 2 is 2.19 bits per heavy atom. The van der Waals surface area contributed by atoms with Crippen molar-refractivity contribution in [1.82, 2.24) is 14.9 Å². The first kappa shape index (κ1) is 11.2. The Morgan fingerprint density at radius 3 is 2.81 bits per heavy atom. The quantitative estimate of drug-likeness (QED) is 0.847. The van der Waals surface area contributed by atoms with Gasteiger partial charge >= 0.3 is 0 Å². The minimum absolute atomic E-state index is 0.102. The highest BCUT2D eigenvalue weighted by Crippen LogP contribution is 2.18. The van der Waals surface area contributed by atoms with E-state index in [4.69, 9.17) is 0 Å². The Balaban J connectivity index is 1.87. The van der Waals surface area contributed by atoms with Crippen LogP contribution in [0.4, 0.5) is 0 Å². The average Bonchev–Trinajstić information content (AvgIpc) is 2.83. The highest BCUT2D eigenvalue weighted by Gasteiger charge is 2.19. The molecule has 1 heterocycles. The molecule has 88 valence electrons. The summed E-state index contributed by atoms with van der Waals surface area (Å²) in [4.78, 5) is 15.9. The number of carbonyl (C=O) groups is 1. The van der Waals surface area contributed by atoms with E-state index in [9.17, 15) is 4.79 Å². The van der Waals surface area contributed by atoms with Crippen molar-refractivity contribution in [1.29, 1.82) is 0 Å². The first-order chi connectivity index (χ1) is 7.77. The molecule has 0 spiro atoms. The summed E-state index contributed by atoms with van der Waals surface area (Å²) in [5, 5.41) is 3.12. The van der Waals surface area contributed by atoms with Crippen molar-refractivity contribution in [3.05, 3.63) is 18.7 Å². The van der Waals surface area contributed by atoms with Crippen LogP contribution in [-0.2, 0) is 4.79 Å². The Labute approximate surface area is 96.1 Å². The molecule has 1 atom stereocenters. The molecule has 1 amide bonds. The Morgan fingerprint density at radius 1 is 1.44 bits per heavy atom. The lowest BCUT2D eigenvalue weighted by atomic mass is 9.95. The Kier molecular flexibility index (Phi) is 3.59. The summed E-state index contributed by atoms with van der Waals surface area (Å²) in [7, 11) is 0. The number of amides is 1. The van der Waals surface area contributed by atoms with Crippen molar-refractivity contribution in [2.24, 2.45) is 0 Å². The maximum atomic E-state index is 11.9. The van der Waals surface area contributed by atoms with Crippen LogP contribution in [0.5, 0.6) is 0 Å². The fourth-order valence-electron chi connectivity index (χ4n) is 2.20. The van der Waals surface area contributed by atoms with Crippen LogP contribution in [0.1, 0.15) is 45.1 Å². The lowest BCUT2D eigenvalue weighted by molar-refractivity contribution is -0.124. The van der Waals surface area contributed by atoms with Gasteiger partial charge in [-0.25, -0.2) is 4.98 Å². The predicted molar refractivity (Wildman–Crippen MR) is 62.0 cm³/mol. The van der Waals surface area contributed by atoms with Crippen molar-refractivity contribution in [3.8, 4) is 0 Å². The molecule has 1 aliphatic rings. The van der Waals surface area contributed by atoms with Gasteiger partial charge in [0.1, 0.15) is 6.04 Å². The second-order valence-electron chi connectivity index (χ2n) is 4.53. The number of hydrogen-bond acceptors (Lipinski definition) is 2. The zero-order valence-electron chi connectivity index (χ0n) is 9.72. The number of nitrogens with one attached hydrogen (secondary N) is 1. The van der Waals surface area contributed by atoms with E-state index in [0.717, 1.165) is 12.8 Å². The molecule has 1 N–H and O–H groups in total. The average molecular weight is 221 g/mol. The highest BCUT2D eigenvalue weighted by molar-refractivity contribution is 5.80. The molecule has 1 fully saturated rings. The van der Waals surface area contributed by atoms with Crippen LogP contribution < -0.4 is 5.32 Å². The van der Waals surface area contributed by atoms with Crippen LogP contribution in [0.3, 0.4) is 0 Å². The van der Waals surface area contributed by atoms with E-state index in [-0.39, 0.29) is 11.9 Å². The Hall–Kier alpha value is -1.32. The van der Waals surface area contributed by atoms with Gasteiger partial charge in [-0.2, -0.15) is 0 Å². The number of imidazole rings is 1.